The number of hydrogen-bond acceptors (Lipinski definition) is 2. The van der Waals surface area contributed by atoms with Crippen LogP contribution in [0.2, 0.25) is 0 Å². The molecule has 1 amide bonds. The summed E-state index contributed by atoms with van der Waals surface area (Å²) in [4.78, 5) is 8.58. The zero-order valence-corrected chi connectivity index (χ0v) is 10.1. The fourth-order valence-electron chi connectivity index (χ4n) is 0.870. The predicted octanol–water partition coefficient (Wildman–Crippen LogP) is 2.79. The Hall–Kier alpha value is -1.90. The lowest BCUT2D eigenvalue weighted by molar-refractivity contribution is -0.106. The maximum Gasteiger partial charge on any atom is 0.204 e. The molecule has 0 spiro atoms. The molecule has 0 fully saturated rings. The van der Waals surface area contributed by atoms with Crippen LogP contribution in [-0.2, 0) is 4.79 Å². The van der Waals surface area contributed by atoms with Crippen molar-refractivity contribution in [1.82, 2.24) is 0 Å². The molecule has 1 aromatic carbocycles. The minimum Gasteiger partial charge on any atom is -0.372 e. The van der Waals surface area contributed by atoms with Crippen LogP contribution in [0.5, 0.6) is 0 Å². The second-order valence-corrected chi connectivity index (χ2v) is 2.84. The molecule has 0 atom stereocenters. The fourth-order valence-corrected chi connectivity index (χ4v) is 0.870. The molecule has 0 bridgehead atoms. The Morgan fingerprint density at radius 2 is 1.56 bits per heavy atom. The molecule has 16 heavy (non-hydrogen) atoms. The second-order valence-electron chi connectivity index (χ2n) is 2.84. The van der Waals surface area contributed by atoms with Gasteiger partial charge in [-0.05, 0) is 32.5 Å². The van der Waals surface area contributed by atoms with E-state index >= 15 is 0 Å². The average molecular weight is 220 g/mol. The van der Waals surface area contributed by atoms with Gasteiger partial charge in [0.2, 0.25) is 6.41 Å². The van der Waals surface area contributed by atoms with Crippen LogP contribution >= 0.6 is 0 Å². The summed E-state index contributed by atoms with van der Waals surface area (Å²) in [5.41, 5.74) is 6.75. The van der Waals surface area contributed by atoms with Crippen LogP contribution in [0, 0.1) is 12.3 Å². The van der Waals surface area contributed by atoms with Gasteiger partial charge in [0.1, 0.15) is 0 Å². The SMILES string of the molecule is C/C=C/c1ccc(C)cc1.CC=N.NC=O. The summed E-state index contributed by atoms with van der Waals surface area (Å²) in [6, 6.07) is 8.48. The minimum absolute atomic E-state index is 0.250. The molecule has 88 valence electrons. The summed E-state index contributed by atoms with van der Waals surface area (Å²) in [7, 11) is 0. The molecule has 0 saturated carbocycles. The molecule has 0 heterocycles. The van der Waals surface area contributed by atoms with Crippen LogP contribution in [0.4, 0.5) is 0 Å². The number of benzene rings is 1. The summed E-state index contributed by atoms with van der Waals surface area (Å²) >= 11 is 0. The third-order valence-electron chi connectivity index (χ3n) is 1.44. The lowest BCUT2D eigenvalue weighted by atomic mass is 10.1. The van der Waals surface area contributed by atoms with Crippen molar-refractivity contribution in [2.75, 3.05) is 0 Å². The van der Waals surface area contributed by atoms with Gasteiger partial charge in [0.25, 0.3) is 0 Å². The van der Waals surface area contributed by atoms with Crippen molar-refractivity contribution in [3.8, 4) is 0 Å². The molecule has 0 unspecified atom stereocenters. The largest absolute Gasteiger partial charge is 0.372 e. The van der Waals surface area contributed by atoms with Crippen LogP contribution < -0.4 is 5.73 Å². The third kappa shape index (κ3) is 12.1. The lowest BCUT2D eigenvalue weighted by Crippen LogP contribution is -1.82. The maximum atomic E-state index is 8.58. The van der Waals surface area contributed by atoms with Gasteiger partial charge in [-0.15, -0.1) is 0 Å². The Bertz CT molecular complexity index is 296. The highest BCUT2D eigenvalue weighted by Gasteiger charge is 1.83. The zero-order chi connectivity index (χ0) is 12.8. The molecule has 0 aliphatic heterocycles. The number of aryl methyl sites for hydroxylation is 1. The van der Waals surface area contributed by atoms with Gasteiger partial charge in [-0.2, -0.15) is 0 Å². The number of allylic oxidation sites excluding steroid dienone is 1. The van der Waals surface area contributed by atoms with E-state index in [4.69, 9.17) is 10.2 Å². The quantitative estimate of drug-likeness (QED) is 0.554. The van der Waals surface area contributed by atoms with Gasteiger partial charge in [-0.3, -0.25) is 4.79 Å². The van der Waals surface area contributed by atoms with E-state index < -0.39 is 0 Å². The average Bonchev–Trinajstić information content (AvgIpc) is 2.24. The first-order valence-corrected chi connectivity index (χ1v) is 4.96. The predicted molar refractivity (Wildman–Crippen MR) is 70.6 cm³/mol. The van der Waals surface area contributed by atoms with Crippen molar-refractivity contribution in [3.05, 3.63) is 41.5 Å². The molecule has 0 saturated heterocycles. The van der Waals surface area contributed by atoms with Gasteiger partial charge >= 0.3 is 0 Å². The normalized spacial score (nSPS) is 8.19. The smallest absolute Gasteiger partial charge is 0.204 e. The number of nitrogens with two attached hydrogens (primary N) is 1. The first-order chi connectivity index (χ1) is 7.65. The van der Waals surface area contributed by atoms with E-state index in [1.807, 2.05) is 13.0 Å². The van der Waals surface area contributed by atoms with Crippen molar-refractivity contribution < 1.29 is 4.79 Å². The molecule has 0 aliphatic rings. The van der Waals surface area contributed by atoms with Crippen molar-refractivity contribution in [3.63, 3.8) is 0 Å². The van der Waals surface area contributed by atoms with Crippen LogP contribution in [0.1, 0.15) is 25.0 Å². The maximum absolute atomic E-state index is 8.58. The van der Waals surface area contributed by atoms with Crippen LogP contribution in [-0.4, -0.2) is 12.6 Å². The number of amides is 1. The first-order valence-electron chi connectivity index (χ1n) is 4.96. The van der Waals surface area contributed by atoms with E-state index in [9.17, 15) is 0 Å². The number of primary amides is 1. The molecular weight excluding hydrogens is 200 g/mol. The van der Waals surface area contributed by atoms with Crippen molar-refractivity contribution in [2.24, 2.45) is 5.73 Å². The standard InChI is InChI=1S/C10H12.C2H5N.CH3NO/c1-3-4-10-7-5-9(2)6-8-10;1-2-3;2-1-3/h3-8H,1-2H3;2-3H,1H3;1H,(H2,2,3)/b4-3+;;. The monoisotopic (exact) mass is 220 g/mol. The number of carbonyl (C=O) groups is 1. The van der Waals surface area contributed by atoms with Gasteiger partial charge in [-0.1, -0.05) is 42.0 Å². The molecule has 1 aromatic rings. The van der Waals surface area contributed by atoms with E-state index in [0.29, 0.717) is 0 Å². The van der Waals surface area contributed by atoms with Gasteiger partial charge in [0.05, 0.1) is 0 Å². The molecule has 0 aliphatic carbocycles. The van der Waals surface area contributed by atoms with Crippen LogP contribution in [0.15, 0.2) is 30.3 Å². The number of nitrogens with one attached hydrogen (secondary N) is 1. The summed E-state index contributed by atoms with van der Waals surface area (Å²) in [6.07, 6.45) is 5.64. The zero-order valence-electron chi connectivity index (χ0n) is 10.1. The highest BCUT2D eigenvalue weighted by atomic mass is 16.1. The molecule has 3 heteroatoms. The number of carbonyl (C=O) groups excluding carboxylic acids is 1. The van der Waals surface area contributed by atoms with Crippen molar-refractivity contribution >= 4 is 18.7 Å². The highest BCUT2D eigenvalue weighted by molar-refractivity contribution is 5.49. The summed E-state index contributed by atoms with van der Waals surface area (Å²) in [5.74, 6) is 0. The Morgan fingerprint density at radius 3 is 1.88 bits per heavy atom. The second kappa shape index (κ2) is 13.1. The van der Waals surface area contributed by atoms with Gasteiger partial charge in [0, 0.05) is 0 Å². The van der Waals surface area contributed by atoms with Crippen molar-refractivity contribution in [1.29, 1.82) is 5.41 Å². The van der Waals surface area contributed by atoms with Crippen LogP contribution in [0.25, 0.3) is 6.08 Å². The fraction of sp³-hybridized carbons (Fsp3) is 0.231. The molecular formula is C13H20N2O. The Kier molecular flexibility index (Phi) is 13.5. The van der Waals surface area contributed by atoms with Gasteiger partial charge in [0.15, 0.2) is 0 Å². The van der Waals surface area contributed by atoms with Crippen molar-refractivity contribution in [2.45, 2.75) is 20.8 Å². The summed E-state index contributed by atoms with van der Waals surface area (Å²) in [6.45, 7) is 5.79. The van der Waals surface area contributed by atoms with Gasteiger partial charge in [-0.25, -0.2) is 0 Å². The first kappa shape index (κ1) is 16.5. The number of rotatable bonds is 1. The summed E-state index contributed by atoms with van der Waals surface area (Å²) in [5, 5.41) is 6.08. The topological polar surface area (TPSA) is 66.9 Å². The molecule has 1 rings (SSSR count). The minimum atomic E-state index is 0.250. The Morgan fingerprint density at radius 1 is 1.19 bits per heavy atom. The molecule has 0 radical (unpaired) electrons. The Labute approximate surface area is 97.5 Å². The van der Waals surface area contributed by atoms with E-state index in [-0.39, 0.29) is 6.41 Å². The van der Waals surface area contributed by atoms with E-state index in [1.54, 1.807) is 6.92 Å². The molecule has 3 nitrogen and oxygen atoms in total. The third-order valence-corrected chi connectivity index (χ3v) is 1.44. The molecule has 0 aromatic heterocycles. The van der Waals surface area contributed by atoms with Gasteiger partial charge < -0.3 is 11.1 Å². The number of hydrogen-bond donors (Lipinski definition) is 2. The van der Waals surface area contributed by atoms with E-state index in [1.165, 1.54) is 17.3 Å². The van der Waals surface area contributed by atoms with E-state index in [2.05, 4.69) is 43.0 Å². The molecule has 3 N–H and O–H groups in total. The lowest BCUT2D eigenvalue weighted by Gasteiger charge is -1.92. The van der Waals surface area contributed by atoms with E-state index in [0.717, 1.165) is 0 Å². The Balaban J connectivity index is 0. The highest BCUT2D eigenvalue weighted by Crippen LogP contribution is 2.04. The van der Waals surface area contributed by atoms with Crippen LogP contribution in [0.3, 0.4) is 0 Å². The summed E-state index contributed by atoms with van der Waals surface area (Å²) < 4.78 is 0.